The Labute approximate surface area is 161 Å². The van der Waals surface area contributed by atoms with Gasteiger partial charge in [0.25, 0.3) is 11.8 Å². The molecule has 1 unspecified atom stereocenters. The van der Waals surface area contributed by atoms with Crippen molar-refractivity contribution < 1.29 is 19.6 Å². The zero-order valence-electron chi connectivity index (χ0n) is 15.4. The van der Waals surface area contributed by atoms with Crippen LogP contribution in [0.2, 0.25) is 0 Å². The summed E-state index contributed by atoms with van der Waals surface area (Å²) in [6.45, 7) is 4.62. The van der Waals surface area contributed by atoms with E-state index in [9.17, 15) is 14.4 Å². The molecular formula is C18H24N4O4S. The van der Waals surface area contributed by atoms with E-state index in [1.54, 1.807) is 37.7 Å². The largest absolute Gasteiger partial charge is 0.338 e. The maximum atomic E-state index is 12.4. The molecule has 9 heteroatoms. The standard InChI is InChI=1S/C18H24N4O4S/c1-10(23)20-14-9-8-13(27-14)11-4-6-12(7-5-11)16(24)21-15(17(25)22-26)18(2,3)19/h4-7,9,13,15,26H,8,19H2,1-3H3,(H,20,23)(H,21,24)(H,22,25)/t13?,15-/m1/s1. The van der Waals surface area contributed by atoms with Crippen molar-refractivity contribution in [1.82, 2.24) is 16.1 Å². The lowest BCUT2D eigenvalue weighted by atomic mass is 9.95. The predicted octanol–water partition coefficient (Wildman–Crippen LogP) is 1.18. The third-order valence-electron chi connectivity index (χ3n) is 4.02. The molecule has 1 aromatic carbocycles. The molecule has 27 heavy (non-hydrogen) atoms. The van der Waals surface area contributed by atoms with Gasteiger partial charge in [0.1, 0.15) is 6.04 Å². The Hall–Kier alpha value is -2.36. The molecule has 3 amide bonds. The van der Waals surface area contributed by atoms with Crippen LogP contribution < -0.4 is 21.8 Å². The molecule has 1 heterocycles. The summed E-state index contributed by atoms with van der Waals surface area (Å²) < 4.78 is 0. The van der Waals surface area contributed by atoms with Gasteiger partial charge in [-0.15, -0.1) is 11.8 Å². The van der Waals surface area contributed by atoms with Crippen molar-refractivity contribution in [3.05, 3.63) is 46.5 Å². The van der Waals surface area contributed by atoms with Crippen molar-refractivity contribution in [3.8, 4) is 0 Å². The molecule has 1 aromatic rings. The molecule has 0 aliphatic carbocycles. The van der Waals surface area contributed by atoms with Crippen LogP contribution >= 0.6 is 11.8 Å². The summed E-state index contributed by atoms with van der Waals surface area (Å²) in [6.07, 6.45) is 2.75. The minimum atomic E-state index is -1.09. The van der Waals surface area contributed by atoms with Gasteiger partial charge in [-0.3, -0.25) is 19.6 Å². The first-order chi connectivity index (χ1) is 12.6. The first kappa shape index (κ1) is 20.9. The number of thioether (sulfide) groups is 1. The molecule has 0 saturated heterocycles. The van der Waals surface area contributed by atoms with Gasteiger partial charge in [0, 0.05) is 23.3 Å². The summed E-state index contributed by atoms with van der Waals surface area (Å²) in [5.41, 5.74) is 7.77. The highest BCUT2D eigenvalue weighted by Crippen LogP contribution is 2.42. The summed E-state index contributed by atoms with van der Waals surface area (Å²) >= 11 is 1.56. The van der Waals surface area contributed by atoms with Gasteiger partial charge in [-0.2, -0.15) is 0 Å². The van der Waals surface area contributed by atoms with E-state index < -0.39 is 23.4 Å². The number of hydrogen-bond donors (Lipinski definition) is 5. The average molecular weight is 392 g/mol. The van der Waals surface area contributed by atoms with E-state index >= 15 is 0 Å². The minimum Gasteiger partial charge on any atom is -0.338 e. The number of carbonyl (C=O) groups is 3. The van der Waals surface area contributed by atoms with Gasteiger partial charge >= 0.3 is 0 Å². The summed E-state index contributed by atoms with van der Waals surface area (Å²) in [4.78, 5) is 35.3. The van der Waals surface area contributed by atoms with Crippen LogP contribution in [0, 0.1) is 0 Å². The molecule has 146 valence electrons. The first-order valence-corrected chi connectivity index (χ1v) is 9.28. The fourth-order valence-corrected chi connectivity index (χ4v) is 3.83. The van der Waals surface area contributed by atoms with Crippen LogP contribution in [0.25, 0.3) is 0 Å². The number of hydroxylamine groups is 1. The lowest BCUT2D eigenvalue weighted by molar-refractivity contribution is -0.132. The third kappa shape index (κ3) is 5.56. The molecule has 6 N–H and O–H groups in total. The fourth-order valence-electron chi connectivity index (χ4n) is 2.64. The highest BCUT2D eigenvalue weighted by Gasteiger charge is 2.33. The smallest absolute Gasteiger partial charge is 0.267 e. The predicted molar refractivity (Wildman–Crippen MR) is 103 cm³/mol. The molecule has 0 radical (unpaired) electrons. The van der Waals surface area contributed by atoms with E-state index in [1.807, 2.05) is 18.2 Å². The Morgan fingerprint density at radius 1 is 1.26 bits per heavy atom. The maximum absolute atomic E-state index is 12.4. The molecular weight excluding hydrogens is 368 g/mol. The van der Waals surface area contributed by atoms with Crippen molar-refractivity contribution >= 4 is 29.5 Å². The molecule has 2 rings (SSSR count). The lowest BCUT2D eigenvalue weighted by Crippen LogP contribution is -2.61. The Kier molecular flexibility index (Phi) is 6.63. The second kappa shape index (κ2) is 8.55. The van der Waals surface area contributed by atoms with E-state index in [-0.39, 0.29) is 11.2 Å². The van der Waals surface area contributed by atoms with Crippen LogP contribution in [0.5, 0.6) is 0 Å². The molecule has 0 fully saturated rings. The second-order valence-corrected chi connectivity index (χ2v) is 8.16. The molecule has 2 atom stereocenters. The fraction of sp³-hybridized carbons (Fsp3) is 0.389. The third-order valence-corrected chi connectivity index (χ3v) is 5.29. The number of nitrogens with one attached hydrogen (secondary N) is 3. The van der Waals surface area contributed by atoms with Gasteiger partial charge < -0.3 is 16.4 Å². The van der Waals surface area contributed by atoms with Crippen LogP contribution in [0.15, 0.2) is 35.4 Å². The monoisotopic (exact) mass is 392 g/mol. The van der Waals surface area contributed by atoms with E-state index in [2.05, 4.69) is 10.6 Å². The number of rotatable bonds is 6. The summed E-state index contributed by atoms with van der Waals surface area (Å²) in [5.74, 6) is -1.36. The zero-order chi connectivity index (χ0) is 20.2. The number of hydrogen-bond acceptors (Lipinski definition) is 6. The Morgan fingerprint density at radius 2 is 1.89 bits per heavy atom. The first-order valence-electron chi connectivity index (χ1n) is 8.40. The van der Waals surface area contributed by atoms with Gasteiger partial charge in [0.15, 0.2) is 0 Å². The van der Waals surface area contributed by atoms with Gasteiger partial charge in [-0.05, 0) is 38.0 Å². The van der Waals surface area contributed by atoms with Gasteiger partial charge in [-0.1, -0.05) is 18.2 Å². The van der Waals surface area contributed by atoms with E-state index in [0.717, 1.165) is 17.0 Å². The average Bonchev–Trinajstić information content (AvgIpc) is 3.05. The van der Waals surface area contributed by atoms with Gasteiger partial charge in [0.2, 0.25) is 5.91 Å². The van der Waals surface area contributed by atoms with Crippen molar-refractivity contribution in [2.75, 3.05) is 0 Å². The second-order valence-electron chi connectivity index (χ2n) is 6.92. The van der Waals surface area contributed by atoms with E-state index in [0.29, 0.717) is 5.56 Å². The summed E-state index contributed by atoms with van der Waals surface area (Å²) in [7, 11) is 0. The molecule has 0 aromatic heterocycles. The topological polar surface area (TPSA) is 134 Å². The number of carbonyl (C=O) groups excluding carboxylic acids is 3. The summed E-state index contributed by atoms with van der Waals surface area (Å²) in [6, 6.07) is 5.92. The van der Waals surface area contributed by atoms with Crippen molar-refractivity contribution in [2.24, 2.45) is 5.73 Å². The van der Waals surface area contributed by atoms with Crippen LogP contribution in [0.3, 0.4) is 0 Å². The highest BCUT2D eigenvalue weighted by atomic mass is 32.2. The SMILES string of the molecule is CC(=O)NC1=CCC(c2ccc(C(=O)N[C@H](C(=O)NO)C(C)(C)N)cc2)S1. The van der Waals surface area contributed by atoms with E-state index in [1.165, 1.54) is 12.4 Å². The Morgan fingerprint density at radius 3 is 2.41 bits per heavy atom. The van der Waals surface area contributed by atoms with Crippen molar-refractivity contribution in [3.63, 3.8) is 0 Å². The normalized spacial score (nSPS) is 17.7. The zero-order valence-corrected chi connectivity index (χ0v) is 16.2. The van der Waals surface area contributed by atoms with Crippen molar-refractivity contribution in [1.29, 1.82) is 0 Å². The molecule has 0 spiro atoms. The quantitative estimate of drug-likeness (QED) is 0.365. The number of allylic oxidation sites excluding steroid dienone is 1. The van der Waals surface area contributed by atoms with Crippen molar-refractivity contribution in [2.45, 2.75) is 44.0 Å². The highest BCUT2D eigenvalue weighted by molar-refractivity contribution is 8.03. The van der Waals surface area contributed by atoms with Gasteiger partial charge in [-0.25, -0.2) is 5.48 Å². The molecule has 1 aliphatic rings. The van der Waals surface area contributed by atoms with Crippen LogP contribution in [-0.2, 0) is 9.59 Å². The molecule has 1 aliphatic heterocycles. The number of amides is 3. The van der Waals surface area contributed by atoms with Gasteiger partial charge in [0.05, 0.1) is 5.03 Å². The van der Waals surface area contributed by atoms with Crippen LogP contribution in [-0.4, -0.2) is 34.5 Å². The minimum absolute atomic E-state index is 0.106. The van der Waals surface area contributed by atoms with Crippen LogP contribution in [0.1, 0.15) is 48.4 Å². The Balaban J connectivity index is 2.03. The van der Waals surface area contributed by atoms with Crippen LogP contribution in [0.4, 0.5) is 0 Å². The number of benzene rings is 1. The summed E-state index contributed by atoms with van der Waals surface area (Å²) in [5, 5.41) is 15.2. The maximum Gasteiger partial charge on any atom is 0.267 e. The lowest BCUT2D eigenvalue weighted by Gasteiger charge is -2.29. The number of nitrogens with two attached hydrogens (primary N) is 1. The molecule has 8 nitrogen and oxygen atoms in total. The molecule has 0 bridgehead atoms. The Bertz CT molecular complexity index is 756. The molecule has 0 saturated carbocycles. The van der Waals surface area contributed by atoms with E-state index in [4.69, 9.17) is 10.9 Å².